The molecule has 3 heteroatoms. The van der Waals surface area contributed by atoms with E-state index in [4.69, 9.17) is 9.47 Å². The highest BCUT2D eigenvalue weighted by Gasteiger charge is 2.38. The van der Waals surface area contributed by atoms with E-state index < -0.39 is 0 Å². The lowest BCUT2D eigenvalue weighted by Crippen LogP contribution is -2.33. The molecule has 3 unspecified atom stereocenters. The molecule has 2 saturated carbocycles. The third kappa shape index (κ3) is 2.20. The number of nitrogens with one attached hydrogen (secondary N) is 1. The molecule has 0 saturated heterocycles. The Morgan fingerprint density at radius 3 is 2.74 bits per heavy atom. The van der Waals surface area contributed by atoms with Gasteiger partial charge in [-0.15, -0.1) is 0 Å². The molecule has 1 N–H and O–H groups in total. The van der Waals surface area contributed by atoms with Crippen LogP contribution in [0.1, 0.15) is 31.2 Å². The third-order valence-corrected chi connectivity index (χ3v) is 4.91. The Bertz CT molecular complexity index is 474. The van der Waals surface area contributed by atoms with Crippen molar-refractivity contribution in [3.63, 3.8) is 0 Å². The summed E-state index contributed by atoms with van der Waals surface area (Å²) >= 11 is 0. The van der Waals surface area contributed by atoms with Gasteiger partial charge >= 0.3 is 0 Å². The number of fused-ring (bicyclic) bond motifs is 3. The molecule has 19 heavy (non-hydrogen) atoms. The molecular weight excluding hydrogens is 238 g/mol. The summed E-state index contributed by atoms with van der Waals surface area (Å²) < 4.78 is 11.2. The first-order valence-electron chi connectivity index (χ1n) is 7.50. The first-order chi connectivity index (χ1) is 9.38. The van der Waals surface area contributed by atoms with Crippen LogP contribution in [0.3, 0.4) is 0 Å². The average Bonchev–Trinajstić information content (AvgIpc) is 3.07. The molecule has 1 aromatic carbocycles. The summed E-state index contributed by atoms with van der Waals surface area (Å²) in [5.41, 5.74) is 1.30. The summed E-state index contributed by atoms with van der Waals surface area (Å²) in [4.78, 5) is 0. The summed E-state index contributed by atoms with van der Waals surface area (Å²) in [7, 11) is 0. The normalized spacial score (nSPS) is 31.7. The smallest absolute Gasteiger partial charge is 0.161 e. The molecule has 3 aliphatic rings. The van der Waals surface area contributed by atoms with Gasteiger partial charge in [-0.25, -0.2) is 0 Å². The van der Waals surface area contributed by atoms with Crippen molar-refractivity contribution >= 4 is 0 Å². The van der Waals surface area contributed by atoms with Crippen LogP contribution in [0.4, 0.5) is 0 Å². The van der Waals surface area contributed by atoms with E-state index in [0.29, 0.717) is 13.2 Å². The molecule has 2 fully saturated rings. The fourth-order valence-electron chi connectivity index (χ4n) is 3.94. The molecule has 4 rings (SSSR count). The summed E-state index contributed by atoms with van der Waals surface area (Å²) in [6.07, 6.45) is 5.74. The lowest BCUT2D eigenvalue weighted by molar-refractivity contribution is 0.171. The predicted molar refractivity (Wildman–Crippen MR) is 73.5 cm³/mol. The third-order valence-electron chi connectivity index (χ3n) is 4.91. The van der Waals surface area contributed by atoms with Crippen LogP contribution >= 0.6 is 0 Å². The van der Waals surface area contributed by atoms with Gasteiger partial charge in [0.2, 0.25) is 0 Å². The fraction of sp³-hybridized carbons (Fsp3) is 0.625. The van der Waals surface area contributed by atoms with Crippen molar-refractivity contribution in [2.24, 2.45) is 11.8 Å². The topological polar surface area (TPSA) is 30.5 Å². The summed E-state index contributed by atoms with van der Waals surface area (Å²) in [6, 6.07) is 7.04. The van der Waals surface area contributed by atoms with Crippen LogP contribution in [0.5, 0.6) is 11.5 Å². The van der Waals surface area contributed by atoms with E-state index in [9.17, 15) is 0 Å². The Balaban J connectivity index is 1.40. The van der Waals surface area contributed by atoms with E-state index in [2.05, 4.69) is 17.4 Å². The minimum Gasteiger partial charge on any atom is -0.486 e. The van der Waals surface area contributed by atoms with E-state index in [1.54, 1.807) is 0 Å². The number of ether oxygens (including phenoxy) is 2. The zero-order valence-corrected chi connectivity index (χ0v) is 11.2. The van der Waals surface area contributed by atoms with Crippen LogP contribution in [0.2, 0.25) is 0 Å². The van der Waals surface area contributed by atoms with Crippen molar-refractivity contribution in [2.45, 2.75) is 38.3 Å². The van der Waals surface area contributed by atoms with E-state index in [1.807, 2.05) is 6.07 Å². The van der Waals surface area contributed by atoms with Gasteiger partial charge in [0.1, 0.15) is 13.2 Å². The van der Waals surface area contributed by atoms with Gasteiger partial charge in [-0.05, 0) is 48.8 Å². The second-order valence-electron chi connectivity index (χ2n) is 6.14. The summed E-state index contributed by atoms with van der Waals surface area (Å²) in [5.74, 6) is 3.72. The van der Waals surface area contributed by atoms with E-state index in [1.165, 1.54) is 31.2 Å². The van der Waals surface area contributed by atoms with Crippen molar-refractivity contribution in [2.75, 3.05) is 13.2 Å². The van der Waals surface area contributed by atoms with Crippen molar-refractivity contribution in [3.05, 3.63) is 23.8 Å². The molecule has 3 nitrogen and oxygen atoms in total. The minimum atomic E-state index is 0.662. The van der Waals surface area contributed by atoms with Gasteiger partial charge in [0.15, 0.2) is 11.5 Å². The van der Waals surface area contributed by atoms with Crippen LogP contribution in [0.25, 0.3) is 0 Å². The molecule has 2 aliphatic carbocycles. The molecule has 1 aliphatic heterocycles. The lowest BCUT2D eigenvalue weighted by Gasteiger charge is -2.23. The molecule has 0 spiro atoms. The van der Waals surface area contributed by atoms with Crippen LogP contribution in [-0.4, -0.2) is 19.3 Å². The maximum atomic E-state index is 5.63. The van der Waals surface area contributed by atoms with Crippen LogP contribution in [0.15, 0.2) is 18.2 Å². The summed E-state index contributed by atoms with van der Waals surface area (Å²) in [6.45, 7) is 2.27. The average molecular weight is 259 g/mol. The van der Waals surface area contributed by atoms with E-state index >= 15 is 0 Å². The van der Waals surface area contributed by atoms with Gasteiger partial charge < -0.3 is 14.8 Å². The van der Waals surface area contributed by atoms with Crippen LogP contribution in [0, 0.1) is 11.8 Å². The van der Waals surface area contributed by atoms with Gasteiger partial charge in [-0.3, -0.25) is 0 Å². The van der Waals surface area contributed by atoms with Gasteiger partial charge in [-0.1, -0.05) is 12.5 Å². The number of rotatable bonds is 3. The molecule has 2 bridgehead atoms. The van der Waals surface area contributed by atoms with Crippen molar-refractivity contribution in [1.82, 2.24) is 5.32 Å². The van der Waals surface area contributed by atoms with E-state index in [0.717, 1.165) is 35.9 Å². The minimum absolute atomic E-state index is 0.662. The SMILES string of the molecule is c1cc2c(cc1CNC1CC3CCC1C3)OCCO2. The lowest BCUT2D eigenvalue weighted by atomic mass is 9.95. The Labute approximate surface area is 114 Å². The number of hydrogen-bond donors (Lipinski definition) is 1. The van der Waals surface area contributed by atoms with Gasteiger partial charge in [0.25, 0.3) is 0 Å². The largest absolute Gasteiger partial charge is 0.486 e. The second-order valence-corrected chi connectivity index (χ2v) is 6.14. The number of benzene rings is 1. The molecule has 102 valence electrons. The van der Waals surface area contributed by atoms with Crippen molar-refractivity contribution in [3.8, 4) is 11.5 Å². The molecule has 0 aromatic heterocycles. The Morgan fingerprint density at radius 1 is 1.05 bits per heavy atom. The van der Waals surface area contributed by atoms with Gasteiger partial charge in [-0.2, -0.15) is 0 Å². The van der Waals surface area contributed by atoms with Gasteiger partial charge in [0.05, 0.1) is 0 Å². The Kier molecular flexibility index (Phi) is 2.87. The molecule has 0 amide bonds. The predicted octanol–water partition coefficient (Wildman–Crippen LogP) is 2.74. The quantitative estimate of drug-likeness (QED) is 0.905. The number of hydrogen-bond acceptors (Lipinski definition) is 3. The second kappa shape index (κ2) is 4.71. The highest BCUT2D eigenvalue weighted by Crippen LogP contribution is 2.44. The van der Waals surface area contributed by atoms with E-state index in [-0.39, 0.29) is 0 Å². The van der Waals surface area contributed by atoms with Crippen LogP contribution < -0.4 is 14.8 Å². The van der Waals surface area contributed by atoms with Gasteiger partial charge in [0, 0.05) is 12.6 Å². The molecular formula is C16H21NO2. The van der Waals surface area contributed by atoms with Crippen molar-refractivity contribution in [1.29, 1.82) is 0 Å². The van der Waals surface area contributed by atoms with Crippen molar-refractivity contribution < 1.29 is 9.47 Å². The fourth-order valence-corrected chi connectivity index (χ4v) is 3.94. The first kappa shape index (κ1) is 11.6. The Hall–Kier alpha value is -1.22. The zero-order chi connectivity index (χ0) is 12.7. The molecule has 1 heterocycles. The first-order valence-corrected chi connectivity index (χ1v) is 7.50. The Morgan fingerprint density at radius 2 is 1.95 bits per heavy atom. The van der Waals surface area contributed by atoms with Crippen LogP contribution in [-0.2, 0) is 6.54 Å². The maximum absolute atomic E-state index is 5.63. The molecule has 3 atom stereocenters. The zero-order valence-electron chi connectivity index (χ0n) is 11.2. The monoisotopic (exact) mass is 259 g/mol. The molecule has 1 aromatic rings. The maximum Gasteiger partial charge on any atom is 0.161 e. The highest BCUT2D eigenvalue weighted by molar-refractivity contribution is 5.43. The standard InChI is InChI=1S/C16H21NO2/c1-3-13-7-11(1)8-14(13)17-10-12-2-4-15-16(9-12)19-6-5-18-15/h2,4,9,11,13-14,17H,1,3,5-8,10H2. The molecule has 0 radical (unpaired) electrons. The summed E-state index contributed by atoms with van der Waals surface area (Å²) in [5, 5.41) is 3.74. The highest BCUT2D eigenvalue weighted by atomic mass is 16.6.